The van der Waals surface area contributed by atoms with Crippen molar-refractivity contribution in [3.63, 3.8) is 0 Å². The van der Waals surface area contributed by atoms with Crippen molar-refractivity contribution < 1.29 is 18.8 Å². The lowest BCUT2D eigenvalue weighted by atomic mass is 10.1. The van der Waals surface area contributed by atoms with E-state index in [1.807, 2.05) is 33.9 Å². The molecule has 2 aliphatic heterocycles. The molecule has 2 fully saturated rings. The maximum Gasteiger partial charge on any atom is 0.293 e. The Morgan fingerprint density at radius 3 is 2.47 bits per heavy atom. The Balaban J connectivity index is 1.42. The summed E-state index contributed by atoms with van der Waals surface area (Å²) >= 11 is 4.41. The SMILES string of the molecule is O=C(Cn1cc(/C=C2\SC(=O)N(Cc3ccc(F)cc3)C2=O)c2cc(Br)ccc21)N1CCCCCC1. The summed E-state index contributed by atoms with van der Waals surface area (Å²) in [5.74, 6) is -0.668. The molecule has 3 aromatic rings. The summed E-state index contributed by atoms with van der Waals surface area (Å²) < 4.78 is 16.0. The molecule has 9 heteroatoms. The zero-order valence-electron chi connectivity index (χ0n) is 19.6. The fourth-order valence-corrected chi connectivity index (χ4v) is 5.85. The number of amides is 3. The second kappa shape index (κ2) is 10.6. The zero-order chi connectivity index (χ0) is 25.2. The molecule has 0 atom stereocenters. The molecule has 0 N–H and O–H groups in total. The first-order chi connectivity index (χ1) is 17.4. The van der Waals surface area contributed by atoms with Crippen LogP contribution in [0.4, 0.5) is 9.18 Å². The zero-order valence-corrected chi connectivity index (χ0v) is 22.0. The van der Waals surface area contributed by atoms with Crippen LogP contribution in [0.1, 0.15) is 36.8 Å². The number of fused-ring (bicyclic) bond motifs is 1. The summed E-state index contributed by atoms with van der Waals surface area (Å²) in [6.45, 7) is 1.88. The van der Waals surface area contributed by atoms with Crippen molar-refractivity contribution in [3.8, 4) is 0 Å². The molecule has 0 saturated carbocycles. The number of nitrogens with zero attached hydrogens (tertiary/aromatic N) is 3. The first kappa shape index (κ1) is 24.8. The maximum absolute atomic E-state index is 13.2. The molecule has 0 bridgehead atoms. The van der Waals surface area contributed by atoms with Crippen LogP contribution in [0, 0.1) is 5.82 Å². The molecule has 6 nitrogen and oxygen atoms in total. The second-order valence-corrected chi connectivity index (χ2v) is 11.0. The van der Waals surface area contributed by atoms with Gasteiger partial charge in [-0.2, -0.15) is 0 Å². The Hall–Kier alpha value is -2.91. The molecule has 0 unspecified atom stereocenters. The minimum absolute atomic E-state index is 0.0833. The van der Waals surface area contributed by atoms with Gasteiger partial charge in [0.1, 0.15) is 12.4 Å². The van der Waals surface area contributed by atoms with Gasteiger partial charge in [-0.1, -0.05) is 40.9 Å². The van der Waals surface area contributed by atoms with Crippen molar-refractivity contribution in [2.75, 3.05) is 13.1 Å². The molecule has 3 heterocycles. The topological polar surface area (TPSA) is 62.6 Å². The number of carbonyl (C=O) groups is 3. The summed E-state index contributed by atoms with van der Waals surface area (Å²) in [4.78, 5) is 42.2. The van der Waals surface area contributed by atoms with Crippen LogP contribution in [0.5, 0.6) is 0 Å². The lowest BCUT2D eigenvalue weighted by molar-refractivity contribution is -0.131. The number of likely N-dealkylation sites (tertiary alicyclic amines) is 1. The number of rotatable bonds is 5. The highest BCUT2D eigenvalue weighted by atomic mass is 79.9. The second-order valence-electron chi connectivity index (χ2n) is 9.06. The minimum Gasteiger partial charge on any atom is -0.341 e. The van der Waals surface area contributed by atoms with Gasteiger partial charge in [-0.15, -0.1) is 0 Å². The van der Waals surface area contributed by atoms with Crippen LogP contribution in [0.25, 0.3) is 17.0 Å². The number of hydrogen-bond donors (Lipinski definition) is 0. The van der Waals surface area contributed by atoms with Crippen molar-refractivity contribution in [2.24, 2.45) is 0 Å². The van der Waals surface area contributed by atoms with E-state index in [1.54, 1.807) is 18.2 Å². The fourth-order valence-electron chi connectivity index (χ4n) is 4.66. The van der Waals surface area contributed by atoms with E-state index < -0.39 is 0 Å². The van der Waals surface area contributed by atoms with Gasteiger partial charge in [-0.05, 0) is 66.6 Å². The van der Waals surface area contributed by atoms with Crippen LogP contribution < -0.4 is 0 Å². The molecule has 5 rings (SSSR count). The van der Waals surface area contributed by atoms with Gasteiger partial charge in [0, 0.05) is 40.2 Å². The number of imide groups is 1. The Morgan fingerprint density at radius 1 is 1.03 bits per heavy atom. The molecule has 2 aromatic carbocycles. The third-order valence-corrected chi connectivity index (χ3v) is 7.95. The predicted molar refractivity (Wildman–Crippen MR) is 143 cm³/mol. The van der Waals surface area contributed by atoms with Gasteiger partial charge in [0.2, 0.25) is 5.91 Å². The van der Waals surface area contributed by atoms with Gasteiger partial charge in [0.05, 0.1) is 11.4 Å². The molecule has 36 heavy (non-hydrogen) atoms. The number of aromatic nitrogens is 1. The van der Waals surface area contributed by atoms with Crippen LogP contribution in [-0.2, 0) is 22.7 Å². The molecular formula is C27H25BrFN3O3S. The molecule has 186 valence electrons. The molecule has 0 radical (unpaired) electrons. The van der Waals surface area contributed by atoms with E-state index in [0.29, 0.717) is 10.5 Å². The van der Waals surface area contributed by atoms with E-state index in [4.69, 9.17) is 0 Å². The molecular weight excluding hydrogens is 545 g/mol. The lowest BCUT2D eigenvalue weighted by Gasteiger charge is -2.20. The summed E-state index contributed by atoms with van der Waals surface area (Å²) in [6, 6.07) is 11.6. The van der Waals surface area contributed by atoms with Gasteiger partial charge < -0.3 is 9.47 Å². The molecule has 1 aromatic heterocycles. The van der Waals surface area contributed by atoms with E-state index in [1.165, 1.54) is 17.0 Å². The van der Waals surface area contributed by atoms with Crippen molar-refractivity contribution in [1.82, 2.24) is 14.4 Å². The molecule has 0 aliphatic carbocycles. The van der Waals surface area contributed by atoms with Crippen LogP contribution in [0.2, 0.25) is 0 Å². The summed E-state index contributed by atoms with van der Waals surface area (Å²) in [7, 11) is 0. The molecule has 2 saturated heterocycles. The molecule has 2 aliphatic rings. The van der Waals surface area contributed by atoms with Crippen molar-refractivity contribution in [2.45, 2.75) is 38.8 Å². The van der Waals surface area contributed by atoms with Gasteiger partial charge in [-0.3, -0.25) is 19.3 Å². The first-order valence-electron chi connectivity index (χ1n) is 11.9. The van der Waals surface area contributed by atoms with Crippen LogP contribution >= 0.6 is 27.7 Å². The Morgan fingerprint density at radius 2 is 1.75 bits per heavy atom. The highest BCUT2D eigenvalue weighted by Crippen LogP contribution is 2.35. The van der Waals surface area contributed by atoms with Crippen molar-refractivity contribution in [1.29, 1.82) is 0 Å². The van der Waals surface area contributed by atoms with Crippen molar-refractivity contribution >= 4 is 61.7 Å². The quantitative estimate of drug-likeness (QED) is 0.344. The van der Waals surface area contributed by atoms with Gasteiger partial charge >= 0.3 is 0 Å². The van der Waals surface area contributed by atoms with Gasteiger partial charge in [0.25, 0.3) is 11.1 Å². The van der Waals surface area contributed by atoms with Crippen LogP contribution in [0.3, 0.4) is 0 Å². The lowest BCUT2D eigenvalue weighted by Crippen LogP contribution is -2.34. The third kappa shape index (κ3) is 5.27. The van der Waals surface area contributed by atoms with Crippen molar-refractivity contribution in [3.05, 3.63) is 75.0 Å². The predicted octanol–water partition coefficient (Wildman–Crippen LogP) is 6.18. The molecule has 0 spiro atoms. The third-order valence-electron chi connectivity index (χ3n) is 6.55. The van der Waals surface area contributed by atoms with E-state index in [9.17, 15) is 18.8 Å². The normalized spacial score (nSPS) is 17.9. The number of carbonyl (C=O) groups excluding carboxylic acids is 3. The Bertz CT molecular complexity index is 1360. The van der Waals surface area contributed by atoms with E-state index in [0.717, 1.165) is 71.5 Å². The standard InChI is InChI=1S/C27H25BrFN3O3S/c28-20-7-10-23-22(14-20)19(16-31(23)17-25(33)30-11-3-1-2-4-12-30)13-24-26(34)32(27(35)36-24)15-18-5-8-21(29)9-6-18/h5-10,13-14,16H,1-4,11-12,15,17H2/b24-13-. The van der Waals surface area contributed by atoms with Gasteiger partial charge in [-0.25, -0.2) is 4.39 Å². The summed E-state index contributed by atoms with van der Waals surface area (Å²) in [5, 5.41) is 0.523. The Labute approximate surface area is 221 Å². The van der Waals surface area contributed by atoms with E-state index >= 15 is 0 Å². The van der Waals surface area contributed by atoms with E-state index in [-0.39, 0.29) is 36.0 Å². The summed E-state index contributed by atoms with van der Waals surface area (Å²) in [5.41, 5.74) is 2.33. The fraction of sp³-hybridized carbons (Fsp3) is 0.296. The number of thioether (sulfide) groups is 1. The number of benzene rings is 2. The molecule has 3 amide bonds. The average molecular weight is 570 g/mol. The monoisotopic (exact) mass is 569 g/mol. The largest absolute Gasteiger partial charge is 0.341 e. The van der Waals surface area contributed by atoms with Crippen LogP contribution in [-0.4, -0.2) is 44.5 Å². The summed E-state index contributed by atoms with van der Waals surface area (Å²) in [6.07, 6.45) is 7.97. The van der Waals surface area contributed by atoms with E-state index in [2.05, 4.69) is 15.9 Å². The highest BCUT2D eigenvalue weighted by molar-refractivity contribution is 9.10. The van der Waals surface area contributed by atoms with Crippen LogP contribution in [0.15, 0.2) is 58.0 Å². The maximum atomic E-state index is 13.2. The minimum atomic E-state index is -0.383. The first-order valence-corrected chi connectivity index (χ1v) is 13.6. The van der Waals surface area contributed by atoms with Gasteiger partial charge in [0.15, 0.2) is 0 Å². The highest BCUT2D eigenvalue weighted by Gasteiger charge is 2.35. The average Bonchev–Trinajstić information content (AvgIpc) is 3.16. The number of halogens is 2. The smallest absolute Gasteiger partial charge is 0.293 e. The Kier molecular flexibility index (Phi) is 7.29. The number of hydrogen-bond acceptors (Lipinski definition) is 4.